The van der Waals surface area contributed by atoms with Gasteiger partial charge in [-0.25, -0.2) is 14.6 Å². The molecule has 2 aromatic rings. The first kappa shape index (κ1) is 13.7. The van der Waals surface area contributed by atoms with Crippen molar-refractivity contribution in [2.45, 2.75) is 29.6 Å². The van der Waals surface area contributed by atoms with Crippen molar-refractivity contribution in [2.75, 3.05) is 12.9 Å². The van der Waals surface area contributed by atoms with E-state index in [0.717, 1.165) is 0 Å². The standard InChI is InChI=1S/C11H14N4O4S/c1-20-10-7-5(12-4-13-10)2-14-15(7)11-9(18)8(17)6(3-16)19-11/h2,4,6,8-9,11,16-18H,3H2,1H3/t6-,8-,9-,11-/m1/s1. The van der Waals surface area contributed by atoms with Gasteiger partial charge >= 0.3 is 0 Å². The van der Waals surface area contributed by atoms with Crippen LogP contribution in [-0.2, 0) is 4.74 Å². The molecule has 2 aromatic heterocycles. The van der Waals surface area contributed by atoms with Crippen LogP contribution in [0.25, 0.3) is 11.0 Å². The summed E-state index contributed by atoms with van der Waals surface area (Å²) in [4.78, 5) is 8.26. The van der Waals surface area contributed by atoms with Crippen molar-refractivity contribution < 1.29 is 20.1 Å². The third kappa shape index (κ3) is 1.98. The molecule has 108 valence electrons. The predicted octanol–water partition coefficient (Wildman–Crippen LogP) is -0.840. The van der Waals surface area contributed by atoms with Crippen molar-refractivity contribution >= 4 is 22.8 Å². The smallest absolute Gasteiger partial charge is 0.179 e. The molecule has 4 atom stereocenters. The van der Waals surface area contributed by atoms with Crippen LogP contribution in [0.4, 0.5) is 0 Å². The second kappa shape index (κ2) is 5.26. The lowest BCUT2D eigenvalue weighted by Crippen LogP contribution is -2.33. The molecule has 0 saturated carbocycles. The number of thioether (sulfide) groups is 1. The van der Waals surface area contributed by atoms with Gasteiger partial charge in [-0.1, -0.05) is 0 Å². The summed E-state index contributed by atoms with van der Waals surface area (Å²) < 4.78 is 6.92. The Morgan fingerprint density at radius 2 is 2.15 bits per heavy atom. The van der Waals surface area contributed by atoms with Gasteiger partial charge in [0, 0.05) is 0 Å². The number of fused-ring (bicyclic) bond motifs is 1. The van der Waals surface area contributed by atoms with Crippen molar-refractivity contribution in [1.29, 1.82) is 0 Å². The summed E-state index contributed by atoms with van der Waals surface area (Å²) in [6.45, 7) is -0.375. The zero-order valence-corrected chi connectivity index (χ0v) is 11.4. The van der Waals surface area contributed by atoms with Crippen LogP contribution >= 0.6 is 11.8 Å². The Labute approximate surface area is 118 Å². The summed E-state index contributed by atoms with van der Waals surface area (Å²) in [6.07, 6.45) is 0.810. The summed E-state index contributed by atoms with van der Waals surface area (Å²) >= 11 is 1.42. The second-order valence-corrected chi connectivity index (χ2v) is 5.23. The fourth-order valence-electron chi connectivity index (χ4n) is 2.28. The van der Waals surface area contributed by atoms with Gasteiger partial charge in [0.15, 0.2) is 6.23 Å². The molecule has 0 bridgehead atoms. The highest BCUT2D eigenvalue weighted by Gasteiger charge is 2.44. The number of aliphatic hydroxyl groups excluding tert-OH is 3. The van der Waals surface area contributed by atoms with Crippen LogP contribution in [0, 0.1) is 0 Å². The van der Waals surface area contributed by atoms with Gasteiger partial charge in [-0.2, -0.15) is 5.10 Å². The van der Waals surface area contributed by atoms with Crippen molar-refractivity contribution in [3.05, 3.63) is 12.5 Å². The molecule has 0 spiro atoms. The van der Waals surface area contributed by atoms with Crippen LogP contribution in [0.5, 0.6) is 0 Å². The molecule has 0 unspecified atom stereocenters. The van der Waals surface area contributed by atoms with Gasteiger partial charge in [0.05, 0.1) is 12.8 Å². The molecule has 0 aliphatic carbocycles. The largest absolute Gasteiger partial charge is 0.394 e. The summed E-state index contributed by atoms with van der Waals surface area (Å²) in [6, 6.07) is 0. The molecule has 8 nitrogen and oxygen atoms in total. The Kier molecular flexibility index (Phi) is 3.61. The van der Waals surface area contributed by atoms with Crippen molar-refractivity contribution in [3.8, 4) is 0 Å². The van der Waals surface area contributed by atoms with E-state index in [1.807, 2.05) is 6.26 Å². The van der Waals surface area contributed by atoms with E-state index in [1.54, 1.807) is 6.20 Å². The van der Waals surface area contributed by atoms with Gasteiger partial charge < -0.3 is 20.1 Å². The lowest BCUT2D eigenvalue weighted by Gasteiger charge is -2.16. The first-order valence-electron chi connectivity index (χ1n) is 6.02. The Bertz CT molecular complexity index is 621. The lowest BCUT2D eigenvalue weighted by atomic mass is 10.1. The Morgan fingerprint density at radius 1 is 1.35 bits per heavy atom. The number of hydrogen-bond acceptors (Lipinski definition) is 8. The molecule has 20 heavy (non-hydrogen) atoms. The third-order valence-electron chi connectivity index (χ3n) is 3.30. The molecular weight excluding hydrogens is 284 g/mol. The minimum Gasteiger partial charge on any atom is -0.394 e. The molecular formula is C11H14N4O4S. The number of nitrogens with zero attached hydrogens (tertiary/aromatic N) is 4. The molecule has 1 aliphatic rings. The maximum absolute atomic E-state index is 10.1. The first-order valence-corrected chi connectivity index (χ1v) is 7.24. The minimum absolute atomic E-state index is 0.375. The van der Waals surface area contributed by atoms with E-state index < -0.39 is 24.5 Å². The zero-order valence-electron chi connectivity index (χ0n) is 10.6. The maximum atomic E-state index is 10.1. The fraction of sp³-hybridized carbons (Fsp3) is 0.545. The molecule has 1 saturated heterocycles. The maximum Gasteiger partial charge on any atom is 0.179 e. The summed E-state index contributed by atoms with van der Waals surface area (Å²) in [5, 5.41) is 33.9. The van der Waals surface area contributed by atoms with E-state index in [4.69, 9.17) is 9.84 Å². The number of aromatic nitrogens is 4. The number of rotatable bonds is 3. The van der Waals surface area contributed by atoms with Crippen LogP contribution in [0.2, 0.25) is 0 Å². The quantitative estimate of drug-likeness (QED) is 0.496. The van der Waals surface area contributed by atoms with Crippen LogP contribution in [0.1, 0.15) is 6.23 Å². The normalized spacial score (nSPS) is 30.2. The second-order valence-electron chi connectivity index (χ2n) is 4.43. The minimum atomic E-state index is -1.18. The molecule has 3 heterocycles. The Hall–Kier alpha value is -1.26. The SMILES string of the molecule is CSc1ncnc2cnn([C@@H]3O[C@H](CO)[C@@H](O)[C@H]3O)c12. The molecule has 0 radical (unpaired) electrons. The zero-order chi connectivity index (χ0) is 14.3. The van der Waals surface area contributed by atoms with Gasteiger partial charge in [-0.15, -0.1) is 11.8 Å². The topological polar surface area (TPSA) is 114 Å². The molecule has 0 aromatic carbocycles. The van der Waals surface area contributed by atoms with Gasteiger partial charge in [0.2, 0.25) is 0 Å². The highest BCUT2D eigenvalue weighted by Crippen LogP contribution is 2.33. The summed E-state index contributed by atoms with van der Waals surface area (Å²) in [5.41, 5.74) is 1.26. The van der Waals surface area contributed by atoms with E-state index in [1.165, 1.54) is 22.8 Å². The van der Waals surface area contributed by atoms with E-state index in [9.17, 15) is 10.2 Å². The first-order chi connectivity index (χ1) is 9.67. The van der Waals surface area contributed by atoms with Crippen molar-refractivity contribution in [2.24, 2.45) is 0 Å². The Morgan fingerprint density at radius 3 is 2.80 bits per heavy atom. The Balaban J connectivity index is 2.07. The van der Waals surface area contributed by atoms with E-state index in [2.05, 4.69) is 15.1 Å². The molecule has 3 N–H and O–H groups in total. The molecule has 3 rings (SSSR count). The van der Waals surface area contributed by atoms with Crippen LogP contribution in [0.15, 0.2) is 17.6 Å². The van der Waals surface area contributed by atoms with Crippen LogP contribution in [0.3, 0.4) is 0 Å². The predicted molar refractivity (Wildman–Crippen MR) is 70.1 cm³/mol. The van der Waals surface area contributed by atoms with Crippen LogP contribution < -0.4 is 0 Å². The molecule has 0 amide bonds. The monoisotopic (exact) mass is 298 g/mol. The molecule has 9 heteroatoms. The van der Waals surface area contributed by atoms with Gasteiger partial charge in [0.25, 0.3) is 0 Å². The average molecular weight is 298 g/mol. The summed E-state index contributed by atoms with van der Waals surface area (Å²) in [7, 11) is 0. The highest BCUT2D eigenvalue weighted by molar-refractivity contribution is 7.98. The molecule has 1 aliphatic heterocycles. The van der Waals surface area contributed by atoms with Gasteiger partial charge in [-0.3, -0.25) is 0 Å². The third-order valence-corrected chi connectivity index (χ3v) is 3.99. The van der Waals surface area contributed by atoms with Gasteiger partial charge in [0.1, 0.15) is 40.7 Å². The molecule has 1 fully saturated rings. The van der Waals surface area contributed by atoms with E-state index in [0.29, 0.717) is 16.1 Å². The lowest BCUT2D eigenvalue weighted by molar-refractivity contribution is -0.0565. The average Bonchev–Trinajstić information content (AvgIpc) is 3.01. The van der Waals surface area contributed by atoms with Crippen LogP contribution in [-0.4, -0.2) is 66.2 Å². The highest BCUT2D eigenvalue weighted by atomic mass is 32.2. The fourth-order valence-corrected chi connectivity index (χ4v) is 2.83. The number of hydrogen-bond donors (Lipinski definition) is 3. The van der Waals surface area contributed by atoms with E-state index >= 15 is 0 Å². The van der Waals surface area contributed by atoms with Crippen molar-refractivity contribution in [3.63, 3.8) is 0 Å². The van der Waals surface area contributed by atoms with E-state index in [-0.39, 0.29) is 6.61 Å². The summed E-state index contributed by atoms with van der Waals surface area (Å²) in [5.74, 6) is 0. The van der Waals surface area contributed by atoms with Gasteiger partial charge in [-0.05, 0) is 6.26 Å². The van der Waals surface area contributed by atoms with Crippen molar-refractivity contribution in [1.82, 2.24) is 19.7 Å². The number of ether oxygens (including phenoxy) is 1. The number of aliphatic hydroxyl groups is 3.